The molecule has 0 saturated heterocycles. The maximum absolute atomic E-state index is 12.4. The van der Waals surface area contributed by atoms with Crippen LogP contribution >= 0.6 is 11.3 Å². The first-order valence-electron chi connectivity index (χ1n) is 8.92. The number of thiazole rings is 1. The largest absolute Gasteiger partial charge is 0.422 e. The summed E-state index contributed by atoms with van der Waals surface area (Å²) in [5.74, 6) is 0. The van der Waals surface area contributed by atoms with Gasteiger partial charge in [0.15, 0.2) is 0 Å². The molecule has 0 fully saturated rings. The Hall–Kier alpha value is -3.50. The number of benzene rings is 3. The van der Waals surface area contributed by atoms with Gasteiger partial charge in [0.05, 0.1) is 11.3 Å². The molecule has 0 radical (unpaired) electrons. The highest BCUT2D eigenvalue weighted by Crippen LogP contribution is 2.30. The van der Waals surface area contributed by atoms with E-state index in [2.05, 4.69) is 41.4 Å². The Labute approximate surface area is 165 Å². The van der Waals surface area contributed by atoms with E-state index in [0.29, 0.717) is 16.2 Å². The van der Waals surface area contributed by atoms with E-state index in [-0.39, 0.29) is 5.63 Å². The van der Waals surface area contributed by atoms with Crippen molar-refractivity contribution in [1.82, 2.24) is 4.98 Å². The van der Waals surface area contributed by atoms with E-state index in [1.165, 1.54) is 16.9 Å². The highest BCUT2D eigenvalue weighted by Gasteiger charge is 2.13. The van der Waals surface area contributed by atoms with Crippen LogP contribution in [0, 0.1) is 0 Å². The fourth-order valence-electron chi connectivity index (χ4n) is 3.21. The summed E-state index contributed by atoms with van der Waals surface area (Å²) in [6, 6.07) is 27.9. The van der Waals surface area contributed by atoms with Crippen LogP contribution in [0.1, 0.15) is 0 Å². The highest BCUT2D eigenvalue weighted by molar-refractivity contribution is 7.13. The fraction of sp³-hybridized carbons (Fsp3) is 0. The van der Waals surface area contributed by atoms with Gasteiger partial charge >= 0.3 is 5.63 Å². The molecule has 5 aromatic rings. The van der Waals surface area contributed by atoms with Crippen molar-refractivity contribution >= 4 is 22.3 Å². The summed E-state index contributed by atoms with van der Waals surface area (Å²) < 4.78 is 5.44. The first kappa shape index (κ1) is 16.7. The molecule has 0 aliphatic rings. The number of hydrogen-bond acceptors (Lipinski definition) is 4. The topological polar surface area (TPSA) is 43.1 Å². The normalized spacial score (nSPS) is 11.0. The summed E-state index contributed by atoms with van der Waals surface area (Å²) in [4.78, 5) is 17.1. The Morgan fingerprint density at radius 3 is 2.25 bits per heavy atom. The van der Waals surface area contributed by atoms with E-state index in [0.717, 1.165) is 22.2 Å². The number of rotatable bonds is 3. The van der Waals surface area contributed by atoms with Gasteiger partial charge in [-0.05, 0) is 23.3 Å². The predicted molar refractivity (Wildman–Crippen MR) is 114 cm³/mol. The van der Waals surface area contributed by atoms with E-state index in [9.17, 15) is 4.79 Å². The van der Waals surface area contributed by atoms with Crippen molar-refractivity contribution < 1.29 is 4.42 Å². The minimum atomic E-state index is -0.362. The van der Waals surface area contributed by atoms with Gasteiger partial charge in [0.2, 0.25) is 0 Å². The smallest absolute Gasteiger partial charge is 0.346 e. The highest BCUT2D eigenvalue weighted by atomic mass is 32.1. The monoisotopic (exact) mass is 381 g/mol. The number of nitrogens with zero attached hydrogens (tertiary/aromatic N) is 1. The second kappa shape index (κ2) is 6.91. The first-order valence-corrected chi connectivity index (χ1v) is 9.80. The molecule has 2 heterocycles. The lowest BCUT2D eigenvalue weighted by molar-refractivity contribution is 0.563. The van der Waals surface area contributed by atoms with Crippen LogP contribution in [0.3, 0.4) is 0 Å². The molecule has 3 aromatic carbocycles. The van der Waals surface area contributed by atoms with Crippen molar-refractivity contribution in [2.24, 2.45) is 0 Å². The molecule has 2 aromatic heterocycles. The second-order valence-electron chi connectivity index (χ2n) is 6.47. The molecule has 0 N–H and O–H groups in total. The van der Waals surface area contributed by atoms with E-state index in [1.54, 1.807) is 6.07 Å². The average molecular weight is 381 g/mol. The zero-order valence-corrected chi connectivity index (χ0v) is 15.6. The van der Waals surface area contributed by atoms with Crippen LogP contribution in [0.4, 0.5) is 0 Å². The second-order valence-corrected chi connectivity index (χ2v) is 7.32. The molecule has 5 rings (SSSR count). The number of fused-ring (bicyclic) bond motifs is 1. The third-order valence-corrected chi connectivity index (χ3v) is 5.54. The van der Waals surface area contributed by atoms with Gasteiger partial charge in [-0.25, -0.2) is 9.78 Å². The van der Waals surface area contributed by atoms with E-state index >= 15 is 0 Å². The quantitative estimate of drug-likeness (QED) is 0.347. The van der Waals surface area contributed by atoms with Crippen molar-refractivity contribution in [3.8, 4) is 33.0 Å². The van der Waals surface area contributed by atoms with Gasteiger partial charge < -0.3 is 4.42 Å². The molecular weight excluding hydrogens is 366 g/mol. The molecule has 134 valence electrons. The van der Waals surface area contributed by atoms with Gasteiger partial charge in [0.25, 0.3) is 0 Å². The molecule has 0 bridgehead atoms. The number of aromatic nitrogens is 1. The SMILES string of the molecule is O=c1oc2ccccc2cc1-c1nc(-c2ccc(-c3ccccc3)cc2)cs1. The van der Waals surface area contributed by atoms with Crippen molar-refractivity contribution in [2.75, 3.05) is 0 Å². The van der Waals surface area contributed by atoms with Crippen LogP contribution in [-0.2, 0) is 0 Å². The van der Waals surface area contributed by atoms with Crippen LogP contribution in [0.5, 0.6) is 0 Å². The van der Waals surface area contributed by atoms with Gasteiger partial charge in [-0.15, -0.1) is 11.3 Å². The molecule has 0 amide bonds. The third-order valence-electron chi connectivity index (χ3n) is 4.66. The molecule has 3 nitrogen and oxygen atoms in total. The van der Waals surface area contributed by atoms with E-state index < -0.39 is 0 Å². The van der Waals surface area contributed by atoms with Crippen molar-refractivity contribution in [3.63, 3.8) is 0 Å². The number of para-hydroxylation sites is 1. The minimum absolute atomic E-state index is 0.362. The van der Waals surface area contributed by atoms with Crippen LogP contribution in [0.25, 0.3) is 43.9 Å². The Morgan fingerprint density at radius 1 is 0.750 bits per heavy atom. The van der Waals surface area contributed by atoms with Crippen LogP contribution in [0.2, 0.25) is 0 Å². The summed E-state index contributed by atoms with van der Waals surface area (Å²) in [6.45, 7) is 0. The molecule has 4 heteroatoms. The molecule has 0 spiro atoms. The van der Waals surface area contributed by atoms with Crippen LogP contribution in [0.15, 0.2) is 99.5 Å². The van der Waals surface area contributed by atoms with Crippen molar-refractivity contribution in [1.29, 1.82) is 0 Å². The molecule has 28 heavy (non-hydrogen) atoms. The van der Waals surface area contributed by atoms with Crippen molar-refractivity contribution in [3.05, 3.63) is 101 Å². The summed E-state index contributed by atoms with van der Waals surface area (Å²) >= 11 is 1.45. The third kappa shape index (κ3) is 3.04. The molecule has 0 atom stereocenters. The Morgan fingerprint density at radius 2 is 1.43 bits per heavy atom. The van der Waals surface area contributed by atoms with E-state index in [4.69, 9.17) is 4.42 Å². The maximum atomic E-state index is 12.4. The van der Waals surface area contributed by atoms with Crippen LogP contribution in [-0.4, -0.2) is 4.98 Å². The summed E-state index contributed by atoms with van der Waals surface area (Å²) in [5.41, 5.74) is 4.94. The Kier molecular flexibility index (Phi) is 4.11. The maximum Gasteiger partial charge on any atom is 0.346 e. The molecule has 0 saturated carbocycles. The Bertz CT molecular complexity index is 1320. The van der Waals surface area contributed by atoms with Crippen molar-refractivity contribution in [2.45, 2.75) is 0 Å². The molecule has 0 aliphatic carbocycles. The molecular formula is C24H15NO2S. The van der Waals surface area contributed by atoms with Gasteiger partial charge in [-0.2, -0.15) is 0 Å². The summed E-state index contributed by atoms with van der Waals surface area (Å²) in [6.07, 6.45) is 0. The zero-order chi connectivity index (χ0) is 18.9. The average Bonchev–Trinajstić information content (AvgIpc) is 3.24. The first-order chi connectivity index (χ1) is 13.8. The van der Waals surface area contributed by atoms with Crippen LogP contribution < -0.4 is 5.63 Å². The van der Waals surface area contributed by atoms with Gasteiger partial charge in [0, 0.05) is 16.3 Å². The number of hydrogen-bond donors (Lipinski definition) is 0. The van der Waals surface area contributed by atoms with E-state index in [1.807, 2.05) is 47.8 Å². The molecule has 0 unspecified atom stereocenters. The zero-order valence-electron chi connectivity index (χ0n) is 14.8. The Balaban J connectivity index is 1.50. The minimum Gasteiger partial charge on any atom is -0.422 e. The van der Waals surface area contributed by atoms with Gasteiger partial charge in [-0.3, -0.25) is 0 Å². The summed E-state index contributed by atoms with van der Waals surface area (Å²) in [7, 11) is 0. The fourth-order valence-corrected chi connectivity index (χ4v) is 4.04. The summed E-state index contributed by atoms with van der Waals surface area (Å²) in [5, 5.41) is 3.53. The molecule has 0 aliphatic heterocycles. The lowest BCUT2D eigenvalue weighted by atomic mass is 10.0. The van der Waals surface area contributed by atoms with Gasteiger partial charge in [0.1, 0.15) is 10.6 Å². The lowest BCUT2D eigenvalue weighted by Crippen LogP contribution is -2.02. The standard InChI is InChI=1S/C24H15NO2S/c26-24-20(14-19-8-4-5-9-22(19)27-24)23-25-21(15-28-23)18-12-10-17(11-13-18)16-6-2-1-3-7-16/h1-15H. The van der Waals surface area contributed by atoms with Gasteiger partial charge in [-0.1, -0.05) is 72.8 Å². The predicted octanol–water partition coefficient (Wildman–Crippen LogP) is 6.25. The lowest BCUT2D eigenvalue weighted by Gasteiger charge is -2.03.